The van der Waals surface area contributed by atoms with Crippen molar-refractivity contribution in [3.63, 3.8) is 0 Å². The fourth-order valence-electron chi connectivity index (χ4n) is 3.34. The van der Waals surface area contributed by atoms with Crippen LogP contribution in [0.25, 0.3) is 0 Å². The summed E-state index contributed by atoms with van der Waals surface area (Å²) in [5.41, 5.74) is 1.21. The molecule has 0 saturated heterocycles. The molecule has 7 heteroatoms. The van der Waals surface area contributed by atoms with Gasteiger partial charge in [-0.3, -0.25) is 14.4 Å². The minimum Gasteiger partial charge on any atom is -0.350 e. The number of anilines is 1. The second-order valence-corrected chi connectivity index (χ2v) is 7.92. The Hall–Kier alpha value is -2.67. The van der Waals surface area contributed by atoms with Crippen LogP contribution in [0.4, 0.5) is 5.69 Å². The van der Waals surface area contributed by atoms with Crippen molar-refractivity contribution >= 4 is 34.7 Å². The van der Waals surface area contributed by atoms with Crippen LogP contribution in [0.3, 0.4) is 0 Å². The number of hydrogen-bond donors (Lipinski definition) is 3. The maximum Gasteiger partial charge on any atom is 0.261 e. The molecule has 6 nitrogen and oxygen atoms in total. The molecule has 0 spiro atoms. The van der Waals surface area contributed by atoms with Crippen LogP contribution in [0.2, 0.25) is 0 Å². The first-order chi connectivity index (χ1) is 13.6. The monoisotopic (exact) mass is 399 g/mol. The summed E-state index contributed by atoms with van der Waals surface area (Å²) in [5, 5.41) is 10.3. The zero-order chi connectivity index (χ0) is 19.8. The largest absolute Gasteiger partial charge is 0.350 e. The van der Waals surface area contributed by atoms with Gasteiger partial charge in [-0.25, -0.2) is 0 Å². The number of rotatable bonds is 8. The lowest BCUT2D eigenvalue weighted by Gasteiger charge is -2.10. The predicted molar refractivity (Wildman–Crippen MR) is 111 cm³/mol. The Kier molecular flexibility index (Phi) is 7.19. The minimum atomic E-state index is -0.214. The summed E-state index contributed by atoms with van der Waals surface area (Å²) in [6, 6.07) is 10.4. The standard InChI is InChI=1S/C21H25N3O3S/c25-19(14-15-4-1-2-5-15)24-17-9-7-16(8-10-17)20(26)22-11-12-23-21(27)18-6-3-13-28-18/h3,6-10,13,15H,1-2,4-5,11-12,14H2,(H,22,26)(H,23,27)(H,24,25). The summed E-state index contributed by atoms with van der Waals surface area (Å²) >= 11 is 1.38. The molecule has 3 amide bonds. The molecule has 1 aromatic carbocycles. The van der Waals surface area contributed by atoms with E-state index < -0.39 is 0 Å². The van der Waals surface area contributed by atoms with Crippen LogP contribution in [0.15, 0.2) is 41.8 Å². The van der Waals surface area contributed by atoms with E-state index in [0.29, 0.717) is 41.6 Å². The molecule has 0 aliphatic heterocycles. The summed E-state index contributed by atoms with van der Waals surface area (Å²) in [7, 11) is 0. The van der Waals surface area contributed by atoms with Gasteiger partial charge in [-0.2, -0.15) is 0 Å². The lowest BCUT2D eigenvalue weighted by molar-refractivity contribution is -0.117. The molecule has 0 radical (unpaired) electrons. The van der Waals surface area contributed by atoms with Crippen molar-refractivity contribution in [1.29, 1.82) is 0 Å². The van der Waals surface area contributed by atoms with Crippen LogP contribution in [-0.2, 0) is 4.79 Å². The number of carbonyl (C=O) groups is 3. The molecule has 1 heterocycles. The Bertz CT molecular complexity index is 797. The summed E-state index contributed by atoms with van der Waals surface area (Å²) in [5.74, 6) is 0.187. The number of nitrogens with one attached hydrogen (secondary N) is 3. The van der Waals surface area contributed by atoms with Crippen molar-refractivity contribution in [2.45, 2.75) is 32.1 Å². The van der Waals surface area contributed by atoms with E-state index in [4.69, 9.17) is 0 Å². The van der Waals surface area contributed by atoms with E-state index in [1.54, 1.807) is 30.3 Å². The van der Waals surface area contributed by atoms with E-state index in [2.05, 4.69) is 16.0 Å². The quantitative estimate of drug-likeness (QED) is 0.594. The fraction of sp³-hybridized carbons (Fsp3) is 0.381. The van der Waals surface area contributed by atoms with Crippen molar-refractivity contribution in [2.75, 3.05) is 18.4 Å². The first kappa shape index (κ1) is 20.1. The van der Waals surface area contributed by atoms with Crippen LogP contribution in [0, 0.1) is 5.92 Å². The molecule has 148 valence electrons. The fourth-order valence-corrected chi connectivity index (χ4v) is 3.98. The summed E-state index contributed by atoms with van der Waals surface area (Å²) in [6.07, 6.45) is 5.29. The second kappa shape index (κ2) is 10.0. The number of carbonyl (C=O) groups excluding carboxylic acids is 3. The molecular formula is C21H25N3O3S. The Balaban J connectivity index is 1.38. The van der Waals surface area contributed by atoms with E-state index in [0.717, 1.165) is 12.8 Å². The molecule has 1 aliphatic rings. The molecule has 2 aromatic rings. The van der Waals surface area contributed by atoms with Crippen molar-refractivity contribution in [1.82, 2.24) is 10.6 Å². The third-order valence-corrected chi connectivity index (χ3v) is 5.69. The van der Waals surface area contributed by atoms with E-state index >= 15 is 0 Å². The lowest BCUT2D eigenvalue weighted by atomic mass is 10.0. The van der Waals surface area contributed by atoms with E-state index in [9.17, 15) is 14.4 Å². The van der Waals surface area contributed by atoms with E-state index in [-0.39, 0.29) is 17.7 Å². The molecule has 3 rings (SSSR count). The number of amides is 3. The zero-order valence-electron chi connectivity index (χ0n) is 15.7. The van der Waals surface area contributed by atoms with Crippen molar-refractivity contribution in [2.24, 2.45) is 5.92 Å². The van der Waals surface area contributed by atoms with Gasteiger partial charge in [-0.15, -0.1) is 11.3 Å². The summed E-state index contributed by atoms with van der Waals surface area (Å²) in [6.45, 7) is 0.702. The summed E-state index contributed by atoms with van der Waals surface area (Å²) < 4.78 is 0. The van der Waals surface area contributed by atoms with Crippen LogP contribution < -0.4 is 16.0 Å². The molecule has 0 bridgehead atoms. The normalized spacial score (nSPS) is 13.9. The first-order valence-corrected chi connectivity index (χ1v) is 10.5. The molecule has 1 saturated carbocycles. The highest BCUT2D eigenvalue weighted by Crippen LogP contribution is 2.27. The number of thiophene rings is 1. The maximum absolute atomic E-state index is 12.2. The molecule has 0 unspecified atom stereocenters. The predicted octanol–water partition coefficient (Wildman–Crippen LogP) is 3.43. The molecule has 1 fully saturated rings. The average molecular weight is 400 g/mol. The maximum atomic E-state index is 12.2. The van der Waals surface area contributed by atoms with Crippen molar-refractivity contribution in [3.05, 3.63) is 52.2 Å². The third kappa shape index (κ3) is 5.92. The Morgan fingerprint density at radius 2 is 1.61 bits per heavy atom. The molecule has 1 aromatic heterocycles. The highest BCUT2D eigenvalue weighted by molar-refractivity contribution is 7.12. The van der Waals surface area contributed by atoms with Gasteiger partial charge in [0.15, 0.2) is 0 Å². The van der Waals surface area contributed by atoms with Gasteiger partial charge >= 0.3 is 0 Å². The van der Waals surface area contributed by atoms with Gasteiger partial charge in [0, 0.05) is 30.8 Å². The van der Waals surface area contributed by atoms with Crippen molar-refractivity contribution in [3.8, 4) is 0 Å². The van der Waals surface area contributed by atoms with Gasteiger partial charge < -0.3 is 16.0 Å². The van der Waals surface area contributed by atoms with Gasteiger partial charge in [-0.05, 0) is 54.5 Å². The highest BCUT2D eigenvalue weighted by Gasteiger charge is 2.18. The molecule has 28 heavy (non-hydrogen) atoms. The minimum absolute atomic E-state index is 0.0329. The number of hydrogen-bond acceptors (Lipinski definition) is 4. The zero-order valence-corrected chi connectivity index (χ0v) is 16.5. The number of benzene rings is 1. The lowest BCUT2D eigenvalue weighted by Crippen LogP contribution is -2.34. The van der Waals surface area contributed by atoms with Gasteiger partial charge in [0.25, 0.3) is 11.8 Å². The molecule has 0 atom stereocenters. The Morgan fingerprint density at radius 1 is 0.929 bits per heavy atom. The van der Waals surface area contributed by atoms with Gasteiger partial charge in [-0.1, -0.05) is 18.9 Å². The van der Waals surface area contributed by atoms with Crippen LogP contribution >= 0.6 is 11.3 Å². The van der Waals surface area contributed by atoms with Crippen LogP contribution in [0.5, 0.6) is 0 Å². The third-order valence-electron chi connectivity index (χ3n) is 4.82. The Labute approximate surface area is 168 Å². The van der Waals surface area contributed by atoms with E-state index in [1.165, 1.54) is 24.2 Å². The van der Waals surface area contributed by atoms with Gasteiger partial charge in [0.2, 0.25) is 5.91 Å². The van der Waals surface area contributed by atoms with Crippen LogP contribution in [-0.4, -0.2) is 30.8 Å². The smallest absolute Gasteiger partial charge is 0.261 e. The average Bonchev–Trinajstić information content (AvgIpc) is 3.39. The van der Waals surface area contributed by atoms with E-state index in [1.807, 2.05) is 11.4 Å². The summed E-state index contributed by atoms with van der Waals surface area (Å²) in [4.78, 5) is 36.7. The second-order valence-electron chi connectivity index (χ2n) is 6.97. The SMILES string of the molecule is O=C(CC1CCCC1)Nc1ccc(C(=O)NCCNC(=O)c2cccs2)cc1. The highest BCUT2D eigenvalue weighted by atomic mass is 32.1. The van der Waals surface area contributed by atoms with Crippen LogP contribution in [0.1, 0.15) is 52.1 Å². The first-order valence-electron chi connectivity index (χ1n) is 9.61. The molecular weight excluding hydrogens is 374 g/mol. The van der Waals surface area contributed by atoms with Gasteiger partial charge in [0.1, 0.15) is 0 Å². The van der Waals surface area contributed by atoms with Gasteiger partial charge in [0.05, 0.1) is 4.88 Å². The Morgan fingerprint density at radius 3 is 2.25 bits per heavy atom. The topological polar surface area (TPSA) is 87.3 Å². The molecule has 3 N–H and O–H groups in total. The molecule has 1 aliphatic carbocycles. The van der Waals surface area contributed by atoms with Crippen molar-refractivity contribution < 1.29 is 14.4 Å².